The van der Waals surface area contributed by atoms with Crippen LogP contribution in [0.3, 0.4) is 0 Å². The van der Waals surface area contributed by atoms with Gasteiger partial charge in [-0.25, -0.2) is 4.79 Å². The van der Waals surface area contributed by atoms with Crippen LogP contribution < -0.4 is 5.32 Å². The van der Waals surface area contributed by atoms with Gasteiger partial charge in [0.05, 0.1) is 6.61 Å². The number of amides is 1. The Labute approximate surface area is 68.4 Å². The Balaban J connectivity index is 0. The van der Waals surface area contributed by atoms with Gasteiger partial charge in [-0.15, -0.1) is 0 Å². The lowest BCUT2D eigenvalue weighted by Gasteiger charge is -2.03. The first-order chi connectivity index (χ1) is 5.31. The van der Waals surface area contributed by atoms with Crippen LogP contribution in [0.1, 0.15) is 14.8 Å². The number of hydrogen-bond donors (Lipinski definition) is 1. The Morgan fingerprint density at radius 3 is 2.91 bits per heavy atom. The van der Waals surface area contributed by atoms with Gasteiger partial charge < -0.3 is 14.8 Å². The van der Waals surface area contributed by atoms with Crippen LogP contribution in [0.15, 0.2) is 0 Å². The Hall–Kier alpha value is -0.770. The molecule has 0 fully saturated rings. The van der Waals surface area contributed by atoms with E-state index in [-0.39, 0.29) is 7.52 Å². The number of rotatable bonds is 5. The SMILES string of the molecule is CCOC(=O)NCCCOC.[HH]. The van der Waals surface area contributed by atoms with E-state index in [0.29, 0.717) is 19.8 Å². The first kappa shape index (κ1) is 10.2. The highest BCUT2D eigenvalue weighted by atomic mass is 16.5. The first-order valence-electron chi connectivity index (χ1n) is 3.70. The minimum atomic E-state index is -0.358. The molecule has 0 radical (unpaired) electrons. The molecule has 0 aliphatic rings. The number of alkyl carbamates (subject to hydrolysis) is 1. The van der Waals surface area contributed by atoms with Crippen LogP contribution in [0, 0.1) is 0 Å². The number of hydrogen-bond acceptors (Lipinski definition) is 3. The van der Waals surface area contributed by atoms with Gasteiger partial charge in [0.15, 0.2) is 0 Å². The number of carbonyl (C=O) groups is 1. The number of nitrogens with one attached hydrogen (secondary N) is 1. The summed E-state index contributed by atoms with van der Waals surface area (Å²) < 4.78 is 9.42. The Kier molecular flexibility index (Phi) is 6.82. The molecule has 0 rings (SSSR count). The molecule has 4 nitrogen and oxygen atoms in total. The largest absolute Gasteiger partial charge is 0.450 e. The van der Waals surface area contributed by atoms with Gasteiger partial charge in [0.25, 0.3) is 0 Å². The van der Waals surface area contributed by atoms with Gasteiger partial charge in [0, 0.05) is 21.7 Å². The maximum Gasteiger partial charge on any atom is 0.407 e. The molecule has 11 heavy (non-hydrogen) atoms. The van der Waals surface area contributed by atoms with Crippen molar-refractivity contribution in [2.75, 3.05) is 26.9 Å². The molecule has 1 amide bonds. The predicted octanol–water partition coefficient (Wildman–Crippen LogP) is 1.01. The summed E-state index contributed by atoms with van der Waals surface area (Å²) in [6, 6.07) is 0. The van der Waals surface area contributed by atoms with E-state index in [1.807, 2.05) is 0 Å². The van der Waals surface area contributed by atoms with Crippen molar-refractivity contribution in [3.63, 3.8) is 0 Å². The van der Waals surface area contributed by atoms with Crippen LogP contribution in [-0.4, -0.2) is 33.0 Å². The van der Waals surface area contributed by atoms with Crippen LogP contribution in [0.4, 0.5) is 4.79 Å². The summed E-state index contributed by atoms with van der Waals surface area (Å²) in [5.74, 6) is 0. The maximum absolute atomic E-state index is 10.6. The molecule has 0 spiro atoms. The fraction of sp³-hybridized carbons (Fsp3) is 0.857. The molecular formula is C7H17NO3. The van der Waals surface area contributed by atoms with E-state index in [1.54, 1.807) is 14.0 Å². The van der Waals surface area contributed by atoms with Crippen LogP contribution in [0.25, 0.3) is 0 Å². The van der Waals surface area contributed by atoms with Gasteiger partial charge >= 0.3 is 6.09 Å². The Bertz CT molecular complexity index is 111. The minimum Gasteiger partial charge on any atom is -0.450 e. The van der Waals surface area contributed by atoms with E-state index < -0.39 is 0 Å². The van der Waals surface area contributed by atoms with Crippen molar-refractivity contribution in [3.05, 3.63) is 0 Å². The second-order valence-electron chi connectivity index (χ2n) is 1.99. The van der Waals surface area contributed by atoms with Gasteiger partial charge in [-0.2, -0.15) is 0 Å². The number of methoxy groups -OCH3 is 1. The van der Waals surface area contributed by atoms with Gasteiger partial charge in [0.2, 0.25) is 0 Å². The van der Waals surface area contributed by atoms with Crippen LogP contribution in [-0.2, 0) is 9.47 Å². The van der Waals surface area contributed by atoms with Gasteiger partial charge in [-0.1, -0.05) is 0 Å². The topological polar surface area (TPSA) is 47.6 Å². The number of carbonyl (C=O) groups excluding carboxylic acids is 1. The summed E-state index contributed by atoms with van der Waals surface area (Å²) in [5.41, 5.74) is 0. The molecule has 0 aliphatic carbocycles. The van der Waals surface area contributed by atoms with Crippen molar-refractivity contribution in [1.82, 2.24) is 5.32 Å². The molecule has 68 valence electrons. The van der Waals surface area contributed by atoms with Gasteiger partial charge in [-0.05, 0) is 13.3 Å². The molecule has 1 N–H and O–H groups in total. The quantitative estimate of drug-likeness (QED) is 0.615. The van der Waals surface area contributed by atoms with Crippen molar-refractivity contribution < 1.29 is 15.7 Å². The summed E-state index contributed by atoms with van der Waals surface area (Å²) in [6.07, 6.45) is 0.457. The normalized spacial score (nSPS) is 9.27. The molecule has 0 saturated heterocycles. The summed E-state index contributed by atoms with van der Waals surface area (Å²) in [6.45, 7) is 3.45. The van der Waals surface area contributed by atoms with Crippen LogP contribution in [0.2, 0.25) is 0 Å². The summed E-state index contributed by atoms with van der Waals surface area (Å²) in [5, 5.41) is 2.58. The van der Waals surface area contributed by atoms with E-state index in [0.717, 1.165) is 6.42 Å². The van der Waals surface area contributed by atoms with Crippen molar-refractivity contribution in [2.45, 2.75) is 13.3 Å². The molecule has 0 aromatic rings. The fourth-order valence-electron chi connectivity index (χ4n) is 0.589. The zero-order chi connectivity index (χ0) is 8.53. The predicted molar refractivity (Wildman–Crippen MR) is 43.6 cm³/mol. The highest BCUT2D eigenvalue weighted by Gasteiger charge is 1.96. The van der Waals surface area contributed by atoms with E-state index in [2.05, 4.69) is 10.1 Å². The lowest BCUT2D eigenvalue weighted by molar-refractivity contribution is 0.149. The summed E-state index contributed by atoms with van der Waals surface area (Å²) in [4.78, 5) is 10.6. The second-order valence-corrected chi connectivity index (χ2v) is 1.99. The second kappa shape index (κ2) is 7.34. The average Bonchev–Trinajstić information content (AvgIpc) is 1.99. The third kappa shape index (κ3) is 7.12. The molecule has 0 aromatic heterocycles. The van der Waals surface area contributed by atoms with Crippen molar-refractivity contribution >= 4 is 6.09 Å². The average molecular weight is 163 g/mol. The molecule has 0 saturated carbocycles. The van der Waals surface area contributed by atoms with Gasteiger partial charge in [0.1, 0.15) is 0 Å². The highest BCUT2D eigenvalue weighted by molar-refractivity contribution is 5.66. The highest BCUT2D eigenvalue weighted by Crippen LogP contribution is 1.79. The zero-order valence-electron chi connectivity index (χ0n) is 7.05. The standard InChI is InChI=1S/C7H15NO3.H2/c1-3-11-7(9)8-5-4-6-10-2;/h3-6H2,1-2H3,(H,8,9);1H. The summed E-state index contributed by atoms with van der Waals surface area (Å²) >= 11 is 0. The molecule has 0 atom stereocenters. The zero-order valence-corrected chi connectivity index (χ0v) is 7.05. The lowest BCUT2D eigenvalue weighted by atomic mass is 10.4. The lowest BCUT2D eigenvalue weighted by Crippen LogP contribution is -2.25. The monoisotopic (exact) mass is 163 g/mol. The molecule has 0 bridgehead atoms. The van der Waals surface area contributed by atoms with Crippen molar-refractivity contribution in [2.24, 2.45) is 0 Å². The maximum atomic E-state index is 10.6. The molecule has 0 aliphatic heterocycles. The minimum absolute atomic E-state index is 0. The van der Waals surface area contributed by atoms with E-state index in [1.165, 1.54) is 0 Å². The van der Waals surface area contributed by atoms with E-state index in [9.17, 15) is 4.79 Å². The van der Waals surface area contributed by atoms with Crippen molar-refractivity contribution in [3.8, 4) is 0 Å². The molecule has 4 heteroatoms. The van der Waals surface area contributed by atoms with Gasteiger partial charge in [-0.3, -0.25) is 0 Å². The molecule has 0 aromatic carbocycles. The molecule has 0 unspecified atom stereocenters. The Morgan fingerprint density at radius 1 is 1.64 bits per heavy atom. The number of ether oxygens (including phenoxy) is 2. The third-order valence-corrected chi connectivity index (χ3v) is 1.07. The first-order valence-corrected chi connectivity index (χ1v) is 3.70. The Morgan fingerprint density at radius 2 is 2.36 bits per heavy atom. The van der Waals surface area contributed by atoms with Crippen LogP contribution >= 0.6 is 0 Å². The molecule has 0 heterocycles. The van der Waals surface area contributed by atoms with Crippen molar-refractivity contribution in [1.29, 1.82) is 0 Å². The van der Waals surface area contributed by atoms with E-state index in [4.69, 9.17) is 4.74 Å². The molecular weight excluding hydrogens is 146 g/mol. The third-order valence-electron chi connectivity index (χ3n) is 1.07. The van der Waals surface area contributed by atoms with E-state index >= 15 is 0 Å². The fourth-order valence-corrected chi connectivity index (χ4v) is 0.589. The van der Waals surface area contributed by atoms with Crippen LogP contribution in [0.5, 0.6) is 0 Å². The smallest absolute Gasteiger partial charge is 0.407 e. The summed E-state index contributed by atoms with van der Waals surface area (Å²) in [7, 11) is 1.63.